The Labute approximate surface area is 121 Å². The summed E-state index contributed by atoms with van der Waals surface area (Å²) in [6, 6.07) is 0. The fourth-order valence-electron chi connectivity index (χ4n) is 0.354. The van der Waals surface area contributed by atoms with Gasteiger partial charge in [-0.1, -0.05) is 49.0 Å². The average molecular weight is 284 g/mol. The molecule has 2 amide bonds. The van der Waals surface area contributed by atoms with Gasteiger partial charge in [0.2, 0.25) is 11.8 Å². The Hall–Kier alpha value is -1.14. The molecule has 0 saturated carbocycles. The first-order valence-electron chi connectivity index (χ1n) is 6.03. The van der Waals surface area contributed by atoms with E-state index in [9.17, 15) is 9.59 Å². The van der Waals surface area contributed by atoms with Crippen LogP contribution < -0.4 is 22.9 Å². The Bertz CT molecular complexity index is 115. The zero-order valence-electron chi connectivity index (χ0n) is 13.6. The quantitative estimate of drug-likeness (QED) is 0.620. The Balaban J connectivity index is -0.0000000213. The minimum atomic E-state index is 0. The third-order valence-corrected chi connectivity index (χ3v) is 1.20. The Kier molecular flexibility index (Phi) is 122. The highest BCUT2D eigenvalue weighted by Crippen LogP contribution is 1.68. The zero-order chi connectivity index (χ0) is 14.0. The fourth-order valence-corrected chi connectivity index (χ4v) is 0.354. The molecular weight excluding hydrogens is 244 g/mol. The van der Waals surface area contributed by atoms with E-state index in [1.165, 1.54) is 0 Å². The second-order valence-electron chi connectivity index (χ2n) is 2.05. The Morgan fingerprint density at radius 2 is 0.895 bits per heavy atom. The van der Waals surface area contributed by atoms with Crippen LogP contribution in [0.3, 0.4) is 0 Å². The summed E-state index contributed by atoms with van der Waals surface area (Å²) in [5.41, 5.74) is 0. The first-order chi connectivity index (χ1) is 7.62. The summed E-state index contributed by atoms with van der Waals surface area (Å²) >= 11 is 0. The summed E-state index contributed by atoms with van der Waals surface area (Å²) in [6.45, 7) is 11.6. The summed E-state index contributed by atoms with van der Waals surface area (Å²) in [5.74, 6) is 0.185. The summed E-state index contributed by atoms with van der Waals surface area (Å²) in [6.07, 6.45) is 1.16. The molecule has 0 aliphatic carbocycles. The maximum absolute atomic E-state index is 10.1. The summed E-state index contributed by atoms with van der Waals surface area (Å²) < 4.78 is 0. The average Bonchev–Trinajstić information content (AvgIpc) is 2.41. The SMILES string of the molecule is C.CC.CC.CCC(=O)NC.CCC(=O)NC.N.N. The molecule has 0 unspecified atom stereocenters. The van der Waals surface area contributed by atoms with Crippen LogP contribution in [-0.2, 0) is 9.59 Å². The van der Waals surface area contributed by atoms with Crippen molar-refractivity contribution in [2.45, 2.75) is 61.8 Å². The van der Waals surface area contributed by atoms with E-state index in [0.717, 1.165) is 0 Å². The van der Waals surface area contributed by atoms with Gasteiger partial charge < -0.3 is 22.9 Å². The van der Waals surface area contributed by atoms with Crippen molar-refractivity contribution >= 4 is 11.8 Å². The van der Waals surface area contributed by atoms with E-state index in [1.54, 1.807) is 14.1 Å². The number of nitrogens with one attached hydrogen (secondary N) is 2. The van der Waals surface area contributed by atoms with Crippen LogP contribution in [0.4, 0.5) is 0 Å². The van der Waals surface area contributed by atoms with Crippen molar-refractivity contribution in [1.29, 1.82) is 0 Å². The van der Waals surface area contributed by atoms with Crippen LogP contribution in [0.15, 0.2) is 0 Å². The molecule has 6 nitrogen and oxygen atoms in total. The van der Waals surface area contributed by atoms with Crippen LogP contribution in [0.1, 0.15) is 61.8 Å². The van der Waals surface area contributed by atoms with Crippen molar-refractivity contribution in [3.63, 3.8) is 0 Å². The fraction of sp³-hybridized carbons (Fsp3) is 0.846. The summed E-state index contributed by atoms with van der Waals surface area (Å²) in [5, 5.41) is 4.95. The molecule has 0 aromatic rings. The van der Waals surface area contributed by atoms with E-state index in [4.69, 9.17) is 0 Å². The second kappa shape index (κ2) is 54.0. The second-order valence-corrected chi connectivity index (χ2v) is 2.05. The smallest absolute Gasteiger partial charge is 0.219 e. The van der Waals surface area contributed by atoms with Crippen molar-refractivity contribution < 1.29 is 9.59 Å². The lowest BCUT2D eigenvalue weighted by Gasteiger charge is -1.87. The Morgan fingerprint density at radius 3 is 0.895 bits per heavy atom. The molecule has 0 aromatic heterocycles. The third-order valence-electron chi connectivity index (χ3n) is 1.20. The molecule has 0 aromatic carbocycles. The van der Waals surface area contributed by atoms with Crippen molar-refractivity contribution in [3.8, 4) is 0 Å². The van der Waals surface area contributed by atoms with Crippen molar-refractivity contribution in [1.82, 2.24) is 22.9 Å². The topological polar surface area (TPSA) is 128 Å². The molecule has 6 heteroatoms. The molecule has 0 bridgehead atoms. The van der Waals surface area contributed by atoms with E-state index in [-0.39, 0.29) is 31.5 Å². The normalized spacial score (nSPS) is 5.47. The minimum Gasteiger partial charge on any atom is -0.359 e. The largest absolute Gasteiger partial charge is 0.359 e. The van der Waals surface area contributed by atoms with Crippen LogP contribution in [0, 0.1) is 0 Å². The van der Waals surface area contributed by atoms with Gasteiger partial charge in [0.25, 0.3) is 0 Å². The molecule has 0 atom stereocenters. The van der Waals surface area contributed by atoms with Crippen molar-refractivity contribution in [2.75, 3.05) is 14.1 Å². The van der Waals surface area contributed by atoms with Gasteiger partial charge >= 0.3 is 0 Å². The lowest BCUT2D eigenvalue weighted by Crippen LogP contribution is -2.15. The molecule has 19 heavy (non-hydrogen) atoms. The predicted molar refractivity (Wildman–Crippen MR) is 88.2 cm³/mol. The molecule has 0 radical (unpaired) electrons. The maximum Gasteiger partial charge on any atom is 0.219 e. The van der Waals surface area contributed by atoms with Crippen molar-refractivity contribution in [3.05, 3.63) is 0 Å². The standard InChI is InChI=1S/2C4H9NO.2C2H6.CH4.2H3N/c2*1-3-4(6)5-2;2*1-2;;;/h2*3H2,1-2H3,(H,5,6);2*1-2H3;1H4;2*1H3. The number of amides is 2. The molecule has 124 valence electrons. The third kappa shape index (κ3) is 79.1. The number of hydrogen-bond donors (Lipinski definition) is 4. The number of carbonyl (C=O) groups is 2. The van der Waals surface area contributed by atoms with E-state index in [0.29, 0.717) is 12.8 Å². The number of rotatable bonds is 2. The van der Waals surface area contributed by atoms with Gasteiger partial charge in [0, 0.05) is 26.9 Å². The summed E-state index contributed by atoms with van der Waals surface area (Å²) in [4.78, 5) is 20.1. The van der Waals surface area contributed by atoms with Gasteiger partial charge in [0.05, 0.1) is 0 Å². The molecule has 0 spiro atoms. The van der Waals surface area contributed by atoms with Gasteiger partial charge in [-0.25, -0.2) is 0 Å². The molecular formula is C13H40N4O2. The van der Waals surface area contributed by atoms with Crippen LogP contribution in [0.2, 0.25) is 0 Å². The molecule has 0 rings (SSSR count). The molecule has 0 fully saturated rings. The van der Waals surface area contributed by atoms with E-state index >= 15 is 0 Å². The molecule has 0 aliphatic heterocycles. The first kappa shape index (κ1) is 43.0. The highest BCUT2D eigenvalue weighted by Gasteiger charge is 1.85. The van der Waals surface area contributed by atoms with Crippen LogP contribution in [-0.4, -0.2) is 25.9 Å². The number of carbonyl (C=O) groups excluding carboxylic acids is 2. The minimum absolute atomic E-state index is 0. The van der Waals surface area contributed by atoms with E-state index < -0.39 is 0 Å². The monoisotopic (exact) mass is 284 g/mol. The molecule has 0 heterocycles. The van der Waals surface area contributed by atoms with Crippen molar-refractivity contribution in [2.24, 2.45) is 0 Å². The molecule has 0 aliphatic rings. The maximum atomic E-state index is 10.1. The highest BCUT2D eigenvalue weighted by atomic mass is 16.2. The lowest BCUT2D eigenvalue weighted by atomic mass is 10.5. The zero-order valence-corrected chi connectivity index (χ0v) is 13.6. The van der Waals surface area contributed by atoms with Gasteiger partial charge in [-0.15, -0.1) is 0 Å². The highest BCUT2D eigenvalue weighted by molar-refractivity contribution is 5.75. The molecule has 8 N–H and O–H groups in total. The lowest BCUT2D eigenvalue weighted by molar-refractivity contribution is -0.121. The van der Waals surface area contributed by atoms with E-state index in [1.807, 2.05) is 41.5 Å². The van der Waals surface area contributed by atoms with Gasteiger partial charge in [-0.2, -0.15) is 0 Å². The van der Waals surface area contributed by atoms with E-state index in [2.05, 4.69) is 10.6 Å². The van der Waals surface area contributed by atoms with Gasteiger partial charge in [0.15, 0.2) is 0 Å². The van der Waals surface area contributed by atoms with Crippen LogP contribution in [0.25, 0.3) is 0 Å². The summed E-state index contributed by atoms with van der Waals surface area (Å²) in [7, 11) is 3.26. The van der Waals surface area contributed by atoms with Gasteiger partial charge in [-0.05, 0) is 0 Å². The predicted octanol–water partition coefficient (Wildman–Crippen LogP) is 3.30. The van der Waals surface area contributed by atoms with Gasteiger partial charge in [-0.3, -0.25) is 9.59 Å². The van der Waals surface area contributed by atoms with Crippen LogP contribution >= 0.6 is 0 Å². The van der Waals surface area contributed by atoms with Gasteiger partial charge in [0.1, 0.15) is 0 Å². The number of hydrogen-bond acceptors (Lipinski definition) is 4. The first-order valence-corrected chi connectivity index (χ1v) is 6.03. The molecule has 0 saturated heterocycles. The Morgan fingerprint density at radius 1 is 0.737 bits per heavy atom. The van der Waals surface area contributed by atoms with Crippen LogP contribution in [0.5, 0.6) is 0 Å².